The molecule has 1 fully saturated rings. The van der Waals surface area contributed by atoms with Crippen molar-refractivity contribution in [3.8, 4) is 11.6 Å². The molecule has 1 aliphatic rings. The summed E-state index contributed by atoms with van der Waals surface area (Å²) in [4.78, 5) is 11.4. The van der Waals surface area contributed by atoms with Crippen LogP contribution in [0.1, 0.15) is 29.8 Å². The average molecular weight is 549 g/mol. The van der Waals surface area contributed by atoms with Gasteiger partial charge in [-0.2, -0.15) is 5.10 Å². The third-order valence-corrected chi connectivity index (χ3v) is 5.57. The number of aryl methyl sites for hydroxylation is 1. The number of guanidine groups is 1. The molecule has 1 aliphatic heterocycles. The highest BCUT2D eigenvalue weighted by atomic mass is 127. The Balaban J connectivity index is 0.00000289. The Morgan fingerprint density at radius 3 is 2.81 bits per heavy atom. The van der Waals surface area contributed by atoms with E-state index in [2.05, 4.69) is 66.9 Å². The largest absolute Gasteiger partial charge is 0.461 e. The molecule has 1 saturated heterocycles. The highest BCUT2D eigenvalue weighted by Gasteiger charge is 2.20. The smallest absolute Gasteiger partial charge is 0.216 e. The van der Waals surface area contributed by atoms with Gasteiger partial charge in [0.1, 0.15) is 5.82 Å². The van der Waals surface area contributed by atoms with Crippen LogP contribution in [0.3, 0.4) is 0 Å². The lowest BCUT2D eigenvalue weighted by Crippen LogP contribution is -2.48. The number of halogens is 1. The van der Waals surface area contributed by atoms with Gasteiger partial charge >= 0.3 is 0 Å². The Labute approximate surface area is 206 Å². The third kappa shape index (κ3) is 6.80. The molecule has 32 heavy (non-hydrogen) atoms. The van der Waals surface area contributed by atoms with Crippen LogP contribution in [0.4, 0.5) is 0 Å². The second kappa shape index (κ2) is 12.0. The zero-order valence-corrected chi connectivity index (χ0v) is 21.0. The van der Waals surface area contributed by atoms with E-state index in [1.165, 1.54) is 11.1 Å². The molecule has 0 aliphatic carbocycles. The van der Waals surface area contributed by atoms with Gasteiger partial charge in [-0.15, -0.1) is 24.0 Å². The minimum absolute atomic E-state index is 0. The minimum Gasteiger partial charge on any atom is -0.461 e. The number of likely N-dealkylation sites (tertiary alicyclic amines) is 1. The quantitative estimate of drug-likeness (QED) is 0.238. The fourth-order valence-corrected chi connectivity index (χ4v) is 3.91. The summed E-state index contributed by atoms with van der Waals surface area (Å²) in [6, 6.07) is 12.9. The molecule has 3 aromatic rings. The van der Waals surface area contributed by atoms with Crippen molar-refractivity contribution in [2.24, 2.45) is 4.99 Å². The van der Waals surface area contributed by atoms with Crippen molar-refractivity contribution in [2.45, 2.75) is 38.8 Å². The molecule has 1 aromatic carbocycles. The summed E-state index contributed by atoms with van der Waals surface area (Å²) >= 11 is 0. The summed E-state index contributed by atoms with van der Waals surface area (Å²) in [6.45, 7) is 6.09. The van der Waals surface area contributed by atoms with E-state index in [1.807, 2.05) is 19.2 Å². The maximum absolute atomic E-state index is 5.33. The van der Waals surface area contributed by atoms with E-state index in [1.54, 1.807) is 6.26 Å². The van der Waals surface area contributed by atoms with Crippen molar-refractivity contribution in [1.29, 1.82) is 0 Å². The first-order chi connectivity index (χ1) is 15.2. The van der Waals surface area contributed by atoms with E-state index in [4.69, 9.17) is 4.42 Å². The van der Waals surface area contributed by atoms with Crippen molar-refractivity contribution in [3.63, 3.8) is 0 Å². The fourth-order valence-electron chi connectivity index (χ4n) is 3.91. The van der Waals surface area contributed by atoms with Crippen LogP contribution >= 0.6 is 24.0 Å². The number of aromatic nitrogens is 3. The maximum atomic E-state index is 5.33. The molecule has 172 valence electrons. The number of aromatic amines is 1. The number of furan rings is 1. The monoisotopic (exact) mass is 549 g/mol. The minimum atomic E-state index is 0. The van der Waals surface area contributed by atoms with Crippen LogP contribution in [0.2, 0.25) is 0 Å². The lowest BCUT2D eigenvalue weighted by atomic mass is 10.0. The lowest BCUT2D eigenvalue weighted by molar-refractivity contribution is 0.198. The molecule has 4 rings (SSSR count). The predicted octanol–water partition coefficient (Wildman–Crippen LogP) is 3.36. The van der Waals surface area contributed by atoms with Crippen LogP contribution in [0, 0.1) is 6.92 Å². The number of aliphatic imine (C=N–C) groups is 1. The van der Waals surface area contributed by atoms with Crippen LogP contribution in [-0.2, 0) is 13.0 Å². The normalized spacial score (nSPS) is 15.4. The Kier molecular flexibility index (Phi) is 9.10. The molecule has 3 N–H and O–H groups in total. The first-order valence-electron chi connectivity index (χ1n) is 10.9. The molecule has 2 aromatic heterocycles. The Hall–Kier alpha value is -2.40. The van der Waals surface area contributed by atoms with Crippen LogP contribution in [0.25, 0.3) is 11.6 Å². The van der Waals surface area contributed by atoms with E-state index in [9.17, 15) is 0 Å². The van der Waals surface area contributed by atoms with E-state index in [-0.39, 0.29) is 24.0 Å². The number of rotatable bonds is 7. The van der Waals surface area contributed by atoms with Crippen molar-refractivity contribution in [1.82, 2.24) is 30.7 Å². The Morgan fingerprint density at radius 2 is 2.09 bits per heavy atom. The predicted molar refractivity (Wildman–Crippen MR) is 137 cm³/mol. The summed E-state index contributed by atoms with van der Waals surface area (Å²) in [5.41, 5.74) is 2.72. The first kappa shape index (κ1) is 24.2. The number of nitrogens with zero attached hydrogens (tertiary/aromatic N) is 4. The van der Waals surface area contributed by atoms with Gasteiger partial charge in [-0.1, -0.05) is 29.8 Å². The molecule has 8 nitrogen and oxygen atoms in total. The van der Waals surface area contributed by atoms with Gasteiger partial charge in [-0.3, -0.25) is 15.0 Å². The number of H-pyrrole nitrogens is 1. The average Bonchev–Trinajstić information content (AvgIpc) is 3.46. The van der Waals surface area contributed by atoms with Gasteiger partial charge in [0, 0.05) is 45.7 Å². The Morgan fingerprint density at radius 1 is 1.25 bits per heavy atom. The van der Waals surface area contributed by atoms with Crippen molar-refractivity contribution in [2.75, 3.05) is 26.7 Å². The second-order valence-corrected chi connectivity index (χ2v) is 8.02. The van der Waals surface area contributed by atoms with Gasteiger partial charge in [0.15, 0.2) is 11.7 Å². The third-order valence-electron chi connectivity index (χ3n) is 5.57. The molecule has 0 saturated carbocycles. The van der Waals surface area contributed by atoms with Gasteiger partial charge in [0.05, 0.1) is 6.26 Å². The second-order valence-electron chi connectivity index (χ2n) is 8.02. The van der Waals surface area contributed by atoms with E-state index in [0.717, 1.165) is 57.2 Å². The molecule has 3 heterocycles. The van der Waals surface area contributed by atoms with E-state index >= 15 is 0 Å². The van der Waals surface area contributed by atoms with Gasteiger partial charge in [0.2, 0.25) is 5.82 Å². The summed E-state index contributed by atoms with van der Waals surface area (Å²) < 4.78 is 5.33. The molecule has 0 amide bonds. The van der Waals surface area contributed by atoms with Crippen LogP contribution in [-0.4, -0.2) is 58.8 Å². The standard InChI is InChI=1S/C23H31N7O.HI/c1-17-5-3-6-18(15-17)16-30-12-9-19(10-13-30)26-23(24-2)25-11-8-21-27-22(29-28-21)20-7-4-14-31-20;/h3-7,14-15,19H,8-13,16H2,1-2H3,(H2,24,25,26)(H,27,28,29);1H. The number of benzene rings is 1. The van der Waals surface area contributed by atoms with Crippen molar-refractivity contribution in [3.05, 3.63) is 59.6 Å². The van der Waals surface area contributed by atoms with Crippen LogP contribution in [0.5, 0.6) is 0 Å². The summed E-state index contributed by atoms with van der Waals surface area (Å²) in [6.07, 6.45) is 4.57. The highest BCUT2D eigenvalue weighted by molar-refractivity contribution is 14.0. The molecule has 0 spiro atoms. The van der Waals surface area contributed by atoms with Gasteiger partial charge < -0.3 is 15.1 Å². The number of nitrogens with one attached hydrogen (secondary N) is 3. The van der Waals surface area contributed by atoms with Gasteiger partial charge in [-0.25, -0.2) is 4.98 Å². The number of hydrogen-bond donors (Lipinski definition) is 3. The molecule has 0 atom stereocenters. The lowest BCUT2D eigenvalue weighted by Gasteiger charge is -2.33. The van der Waals surface area contributed by atoms with E-state index in [0.29, 0.717) is 17.6 Å². The van der Waals surface area contributed by atoms with Crippen molar-refractivity contribution < 1.29 is 4.42 Å². The first-order valence-corrected chi connectivity index (χ1v) is 10.9. The zero-order chi connectivity index (χ0) is 21.5. The topological polar surface area (TPSA) is 94.4 Å². The number of hydrogen-bond acceptors (Lipinski definition) is 5. The van der Waals surface area contributed by atoms with Crippen LogP contribution < -0.4 is 10.6 Å². The van der Waals surface area contributed by atoms with Gasteiger partial charge in [0.25, 0.3) is 0 Å². The van der Waals surface area contributed by atoms with Gasteiger partial charge in [-0.05, 0) is 37.5 Å². The molecular weight excluding hydrogens is 517 g/mol. The SMILES string of the molecule is CN=C(NCCc1nc(-c2ccco2)n[nH]1)NC1CCN(Cc2cccc(C)c2)CC1.I. The number of piperidine rings is 1. The summed E-state index contributed by atoms with van der Waals surface area (Å²) in [7, 11) is 1.81. The molecule has 0 radical (unpaired) electrons. The van der Waals surface area contributed by atoms with Crippen LogP contribution in [0.15, 0.2) is 52.1 Å². The fraction of sp³-hybridized carbons (Fsp3) is 0.435. The molecule has 0 bridgehead atoms. The molecular formula is C23H32IN7O. The van der Waals surface area contributed by atoms with Crippen molar-refractivity contribution >= 4 is 29.9 Å². The zero-order valence-electron chi connectivity index (χ0n) is 18.7. The van der Waals surface area contributed by atoms with E-state index < -0.39 is 0 Å². The summed E-state index contributed by atoms with van der Waals surface area (Å²) in [5.74, 6) is 2.91. The molecule has 9 heteroatoms. The highest BCUT2D eigenvalue weighted by Crippen LogP contribution is 2.15. The molecule has 0 unspecified atom stereocenters. The summed E-state index contributed by atoms with van der Waals surface area (Å²) in [5, 5.41) is 14.1. The Bertz CT molecular complexity index is 978. The maximum Gasteiger partial charge on any atom is 0.216 e.